The number of para-hydroxylation sites is 2. The van der Waals surface area contributed by atoms with Gasteiger partial charge in [-0.15, -0.1) is 23.2 Å². The molecule has 0 aliphatic rings. The highest BCUT2D eigenvalue weighted by Crippen LogP contribution is 2.17. The van der Waals surface area contributed by atoms with E-state index in [9.17, 15) is 9.59 Å². The Morgan fingerprint density at radius 2 is 0.964 bits per heavy atom. The molecule has 0 saturated heterocycles. The number of hydrogen-bond donors (Lipinski definition) is 0. The maximum Gasteiger partial charge on any atom is 0.242 e. The van der Waals surface area contributed by atoms with Crippen molar-refractivity contribution in [2.24, 2.45) is 0 Å². The van der Waals surface area contributed by atoms with Gasteiger partial charge in [0.05, 0.1) is 0 Å². The highest BCUT2D eigenvalue weighted by Gasteiger charge is 2.18. The predicted octanol–water partition coefficient (Wildman–Crippen LogP) is 5.33. The van der Waals surface area contributed by atoms with Crippen LogP contribution in [0.15, 0.2) is 60.7 Å². The normalized spacial score (nSPS) is 10.3. The van der Waals surface area contributed by atoms with E-state index < -0.39 is 0 Å². The number of nitrogens with zero attached hydrogens (tertiary/aromatic N) is 2. The van der Waals surface area contributed by atoms with Gasteiger partial charge in [-0.05, 0) is 52.0 Å². The van der Waals surface area contributed by atoms with E-state index in [0.29, 0.717) is 0 Å². The van der Waals surface area contributed by atoms with Gasteiger partial charge in [0.2, 0.25) is 11.8 Å². The monoisotopic (exact) mass is 422 g/mol. The van der Waals surface area contributed by atoms with Crippen molar-refractivity contribution in [1.29, 1.82) is 0 Å². The van der Waals surface area contributed by atoms with E-state index in [1.54, 1.807) is 9.80 Å². The van der Waals surface area contributed by atoms with Crippen molar-refractivity contribution < 1.29 is 9.59 Å². The van der Waals surface area contributed by atoms with Gasteiger partial charge in [-0.25, -0.2) is 0 Å². The molecule has 2 aromatic rings. The molecule has 4 nitrogen and oxygen atoms in total. The molecule has 0 aliphatic heterocycles. The third-order valence-electron chi connectivity index (χ3n) is 3.87. The van der Waals surface area contributed by atoms with Crippen LogP contribution in [0.2, 0.25) is 0 Å². The van der Waals surface area contributed by atoms with Crippen LogP contribution < -0.4 is 9.80 Å². The van der Waals surface area contributed by atoms with Crippen LogP contribution in [0.1, 0.15) is 27.7 Å². The number of benzene rings is 2. The second kappa shape index (κ2) is 12.4. The summed E-state index contributed by atoms with van der Waals surface area (Å²) in [4.78, 5) is 26.5. The zero-order valence-electron chi connectivity index (χ0n) is 16.8. The molecule has 0 radical (unpaired) electrons. The predicted molar refractivity (Wildman–Crippen MR) is 120 cm³/mol. The van der Waals surface area contributed by atoms with Crippen molar-refractivity contribution in [3.63, 3.8) is 0 Å². The van der Waals surface area contributed by atoms with Crippen molar-refractivity contribution in [3.8, 4) is 0 Å². The van der Waals surface area contributed by atoms with Gasteiger partial charge in [-0.3, -0.25) is 9.59 Å². The van der Waals surface area contributed by atoms with E-state index in [1.165, 1.54) is 0 Å². The fraction of sp³-hybridized carbons (Fsp3) is 0.364. The Morgan fingerprint density at radius 1 is 0.679 bits per heavy atom. The number of rotatable bonds is 6. The molecule has 0 aromatic heterocycles. The van der Waals surface area contributed by atoms with Crippen molar-refractivity contribution in [1.82, 2.24) is 0 Å². The van der Waals surface area contributed by atoms with E-state index >= 15 is 0 Å². The van der Waals surface area contributed by atoms with Gasteiger partial charge in [0, 0.05) is 23.5 Å². The first-order chi connectivity index (χ1) is 13.3. The van der Waals surface area contributed by atoms with Gasteiger partial charge in [0.25, 0.3) is 0 Å². The number of anilines is 2. The minimum Gasteiger partial charge on any atom is -0.309 e. The Hall–Kier alpha value is -2.04. The SMILES string of the molecule is CC(C)N(C(=O)CCl)c1ccccc1.CC(C)N(C(=O)CCl)c1ccccc1. The fourth-order valence-electron chi connectivity index (χ4n) is 2.77. The molecule has 0 unspecified atom stereocenters. The summed E-state index contributed by atoms with van der Waals surface area (Å²) < 4.78 is 0. The quantitative estimate of drug-likeness (QED) is 0.589. The molecule has 6 heteroatoms. The molecule has 0 heterocycles. The Morgan fingerprint density at radius 3 is 1.18 bits per heavy atom. The molecule has 0 N–H and O–H groups in total. The summed E-state index contributed by atoms with van der Waals surface area (Å²) in [6, 6.07) is 19.4. The number of carbonyl (C=O) groups excluding carboxylic acids is 2. The van der Waals surface area contributed by atoms with Gasteiger partial charge in [0.1, 0.15) is 11.8 Å². The molecule has 2 aromatic carbocycles. The third-order valence-corrected chi connectivity index (χ3v) is 4.32. The van der Waals surface area contributed by atoms with Gasteiger partial charge < -0.3 is 9.80 Å². The molecule has 28 heavy (non-hydrogen) atoms. The van der Waals surface area contributed by atoms with Crippen LogP contribution >= 0.6 is 23.2 Å². The maximum absolute atomic E-state index is 11.5. The standard InChI is InChI=1S/2C11H14ClNO/c2*1-9(2)13(11(14)8-12)10-6-4-3-5-7-10/h2*3-7,9H,8H2,1-2H3. The summed E-state index contributed by atoms with van der Waals surface area (Å²) in [5.74, 6) is -0.0825. The van der Waals surface area contributed by atoms with Gasteiger partial charge >= 0.3 is 0 Å². The largest absolute Gasteiger partial charge is 0.309 e. The summed E-state index contributed by atoms with van der Waals surface area (Å²) in [6.45, 7) is 7.88. The van der Waals surface area contributed by atoms with Crippen LogP contribution in [0.3, 0.4) is 0 Å². The van der Waals surface area contributed by atoms with Crippen molar-refractivity contribution in [2.75, 3.05) is 21.6 Å². The van der Waals surface area contributed by atoms with Crippen LogP contribution in [0.5, 0.6) is 0 Å². The number of alkyl halides is 2. The first-order valence-corrected chi connectivity index (χ1v) is 10.3. The number of carbonyl (C=O) groups is 2. The topological polar surface area (TPSA) is 40.6 Å². The van der Waals surface area contributed by atoms with E-state index in [0.717, 1.165) is 11.4 Å². The number of hydrogen-bond acceptors (Lipinski definition) is 2. The molecule has 0 aliphatic carbocycles. The molecule has 0 fully saturated rings. The van der Waals surface area contributed by atoms with Crippen molar-refractivity contribution in [2.45, 2.75) is 39.8 Å². The van der Waals surface area contributed by atoms with Gasteiger partial charge in [-0.1, -0.05) is 36.4 Å². The Labute approximate surface area is 178 Å². The second-order valence-electron chi connectivity index (χ2n) is 6.65. The molecule has 0 saturated carbocycles. The Kier molecular flexibility index (Phi) is 10.6. The lowest BCUT2D eigenvalue weighted by atomic mass is 10.2. The van der Waals surface area contributed by atoms with Crippen LogP contribution in [-0.2, 0) is 9.59 Å². The molecule has 0 bridgehead atoms. The zero-order valence-corrected chi connectivity index (χ0v) is 18.3. The Bertz CT molecular complexity index is 658. The first-order valence-electron chi connectivity index (χ1n) is 9.19. The van der Waals surface area contributed by atoms with Crippen LogP contribution in [0.4, 0.5) is 11.4 Å². The lowest BCUT2D eigenvalue weighted by molar-refractivity contribution is -0.117. The molecular weight excluding hydrogens is 395 g/mol. The van der Waals surface area contributed by atoms with Crippen molar-refractivity contribution in [3.05, 3.63) is 60.7 Å². The number of halogens is 2. The molecule has 2 rings (SSSR count). The lowest BCUT2D eigenvalue weighted by Crippen LogP contribution is -2.37. The van der Waals surface area contributed by atoms with Crippen LogP contribution in [-0.4, -0.2) is 35.7 Å². The number of amides is 2. The average molecular weight is 423 g/mol. The summed E-state index contributed by atoms with van der Waals surface area (Å²) in [6.07, 6.45) is 0. The molecular formula is C22H28Cl2N2O2. The minimum atomic E-state index is -0.0622. The van der Waals surface area contributed by atoms with E-state index in [-0.39, 0.29) is 35.7 Å². The minimum absolute atomic E-state index is 0.0209. The van der Waals surface area contributed by atoms with Crippen LogP contribution in [0, 0.1) is 0 Å². The van der Waals surface area contributed by atoms with E-state index in [4.69, 9.17) is 23.2 Å². The molecule has 0 atom stereocenters. The summed E-state index contributed by atoms with van der Waals surface area (Å²) in [5, 5.41) is 0. The highest BCUT2D eigenvalue weighted by atomic mass is 35.5. The highest BCUT2D eigenvalue weighted by molar-refractivity contribution is 6.29. The van der Waals surface area contributed by atoms with Crippen molar-refractivity contribution >= 4 is 46.4 Å². The van der Waals surface area contributed by atoms with E-state index in [2.05, 4.69) is 0 Å². The molecule has 2 amide bonds. The first kappa shape index (κ1) is 24.0. The third kappa shape index (κ3) is 7.17. The fourth-order valence-corrected chi connectivity index (χ4v) is 3.02. The maximum atomic E-state index is 11.5. The summed E-state index contributed by atoms with van der Waals surface area (Å²) >= 11 is 11.1. The van der Waals surface area contributed by atoms with Crippen LogP contribution in [0.25, 0.3) is 0 Å². The van der Waals surface area contributed by atoms with Gasteiger partial charge in [-0.2, -0.15) is 0 Å². The van der Waals surface area contributed by atoms with Gasteiger partial charge in [0.15, 0.2) is 0 Å². The smallest absolute Gasteiger partial charge is 0.242 e. The zero-order chi connectivity index (χ0) is 21.1. The van der Waals surface area contributed by atoms with E-state index in [1.807, 2.05) is 88.4 Å². The Balaban J connectivity index is 0.000000280. The second-order valence-corrected chi connectivity index (χ2v) is 7.19. The molecule has 152 valence electrons. The molecule has 0 spiro atoms. The average Bonchev–Trinajstić information content (AvgIpc) is 2.69. The summed E-state index contributed by atoms with van der Waals surface area (Å²) in [7, 11) is 0. The summed E-state index contributed by atoms with van der Waals surface area (Å²) in [5.41, 5.74) is 1.79. The lowest BCUT2D eigenvalue weighted by Gasteiger charge is -2.25.